The number of rotatable bonds is 3. The molecule has 1 fully saturated rings. The predicted octanol–water partition coefficient (Wildman–Crippen LogP) is 2.64. The normalized spacial score (nSPS) is 20.1. The average Bonchev–Trinajstić information content (AvgIpc) is 2.27. The second-order valence-corrected chi connectivity index (χ2v) is 5.21. The van der Waals surface area contributed by atoms with Gasteiger partial charge in [-0.05, 0) is 25.7 Å². The molecule has 1 unspecified atom stereocenters. The summed E-state index contributed by atoms with van der Waals surface area (Å²) >= 11 is 0. The van der Waals surface area contributed by atoms with Crippen molar-refractivity contribution in [2.45, 2.75) is 32.2 Å². The van der Waals surface area contributed by atoms with Crippen molar-refractivity contribution in [1.82, 2.24) is 0 Å². The van der Waals surface area contributed by atoms with E-state index in [1.54, 1.807) is 0 Å². The van der Waals surface area contributed by atoms with Crippen LogP contribution in [0.15, 0.2) is 12.1 Å². The standard InChI is InChI=1S/C14H20N2O2/c1-9(10-3-2-4-10)16-12-8-14-13(7-11(12)15)17-5-6-18-14/h7-10,16H,2-6,15H2,1H3. The molecule has 1 aliphatic carbocycles. The highest BCUT2D eigenvalue weighted by molar-refractivity contribution is 5.72. The molecular weight excluding hydrogens is 228 g/mol. The number of hydrogen-bond donors (Lipinski definition) is 2. The third kappa shape index (κ3) is 2.07. The molecule has 3 N–H and O–H groups in total. The monoisotopic (exact) mass is 248 g/mol. The predicted molar refractivity (Wildman–Crippen MR) is 72.3 cm³/mol. The van der Waals surface area contributed by atoms with Gasteiger partial charge in [-0.3, -0.25) is 0 Å². The van der Waals surface area contributed by atoms with Crippen LogP contribution < -0.4 is 20.5 Å². The minimum atomic E-state index is 0.462. The van der Waals surface area contributed by atoms with Crippen molar-refractivity contribution in [2.24, 2.45) is 5.92 Å². The van der Waals surface area contributed by atoms with Crippen molar-refractivity contribution < 1.29 is 9.47 Å². The minimum Gasteiger partial charge on any atom is -0.486 e. The molecule has 1 aromatic rings. The summed E-state index contributed by atoms with van der Waals surface area (Å²) in [6, 6.07) is 4.27. The van der Waals surface area contributed by atoms with Crippen LogP contribution in [-0.2, 0) is 0 Å². The fourth-order valence-corrected chi connectivity index (χ4v) is 2.53. The second-order valence-electron chi connectivity index (χ2n) is 5.21. The summed E-state index contributed by atoms with van der Waals surface area (Å²) in [5, 5.41) is 3.50. The molecule has 4 nitrogen and oxygen atoms in total. The Bertz CT molecular complexity index is 444. The molecule has 3 rings (SSSR count). The number of nitrogens with two attached hydrogens (primary N) is 1. The van der Waals surface area contributed by atoms with Gasteiger partial charge in [-0.1, -0.05) is 6.42 Å². The van der Waals surface area contributed by atoms with Crippen molar-refractivity contribution in [3.8, 4) is 11.5 Å². The third-order valence-corrected chi connectivity index (χ3v) is 3.95. The van der Waals surface area contributed by atoms with E-state index < -0.39 is 0 Å². The number of anilines is 2. The number of nitrogens with one attached hydrogen (secondary N) is 1. The van der Waals surface area contributed by atoms with Crippen LogP contribution in [0.25, 0.3) is 0 Å². The van der Waals surface area contributed by atoms with Gasteiger partial charge in [-0.15, -0.1) is 0 Å². The number of fused-ring (bicyclic) bond motifs is 1. The summed E-state index contributed by atoms with van der Waals surface area (Å²) in [5.74, 6) is 2.32. The molecule has 1 atom stereocenters. The lowest BCUT2D eigenvalue weighted by atomic mass is 9.80. The van der Waals surface area contributed by atoms with E-state index in [-0.39, 0.29) is 0 Å². The molecule has 0 radical (unpaired) electrons. The zero-order valence-corrected chi connectivity index (χ0v) is 10.7. The SMILES string of the molecule is CC(Nc1cc2c(cc1N)OCCO2)C1CCC1. The molecule has 1 aromatic carbocycles. The quantitative estimate of drug-likeness (QED) is 0.807. The molecule has 1 saturated carbocycles. The summed E-state index contributed by atoms with van der Waals surface area (Å²) < 4.78 is 11.1. The summed E-state index contributed by atoms with van der Waals surface area (Å²) in [5.41, 5.74) is 7.74. The van der Waals surface area contributed by atoms with Crippen molar-refractivity contribution in [2.75, 3.05) is 24.3 Å². The number of hydrogen-bond acceptors (Lipinski definition) is 4. The molecule has 98 valence electrons. The van der Waals surface area contributed by atoms with E-state index in [9.17, 15) is 0 Å². The molecule has 18 heavy (non-hydrogen) atoms. The third-order valence-electron chi connectivity index (χ3n) is 3.95. The van der Waals surface area contributed by atoms with Gasteiger partial charge in [0.15, 0.2) is 11.5 Å². The summed E-state index contributed by atoms with van der Waals surface area (Å²) in [6.45, 7) is 3.42. The molecule has 1 heterocycles. The van der Waals surface area contributed by atoms with Gasteiger partial charge in [0.2, 0.25) is 0 Å². The highest BCUT2D eigenvalue weighted by Gasteiger charge is 2.24. The molecular formula is C14H20N2O2. The Balaban J connectivity index is 1.78. The first kappa shape index (κ1) is 11.5. The van der Waals surface area contributed by atoms with Crippen molar-refractivity contribution in [3.63, 3.8) is 0 Å². The lowest BCUT2D eigenvalue weighted by Crippen LogP contribution is -2.31. The molecule has 1 aliphatic heterocycles. The zero-order valence-electron chi connectivity index (χ0n) is 10.7. The highest BCUT2D eigenvalue weighted by Crippen LogP contribution is 2.38. The molecule has 0 spiro atoms. The van der Waals surface area contributed by atoms with E-state index >= 15 is 0 Å². The van der Waals surface area contributed by atoms with Gasteiger partial charge in [0.1, 0.15) is 13.2 Å². The van der Waals surface area contributed by atoms with E-state index in [0.717, 1.165) is 28.8 Å². The smallest absolute Gasteiger partial charge is 0.163 e. The Kier molecular flexibility index (Phi) is 2.94. The van der Waals surface area contributed by atoms with Gasteiger partial charge < -0.3 is 20.5 Å². The first-order valence-corrected chi connectivity index (χ1v) is 6.69. The first-order chi connectivity index (χ1) is 8.74. The number of benzene rings is 1. The molecule has 0 saturated heterocycles. The minimum absolute atomic E-state index is 0.462. The Labute approximate surface area is 107 Å². The van der Waals surface area contributed by atoms with Crippen LogP contribution in [0.4, 0.5) is 11.4 Å². The van der Waals surface area contributed by atoms with Crippen LogP contribution in [0.3, 0.4) is 0 Å². The maximum atomic E-state index is 6.05. The maximum absolute atomic E-state index is 6.05. The van der Waals surface area contributed by atoms with Gasteiger partial charge in [-0.25, -0.2) is 0 Å². The van der Waals surface area contributed by atoms with Crippen LogP contribution in [-0.4, -0.2) is 19.3 Å². The van der Waals surface area contributed by atoms with Gasteiger partial charge in [0.25, 0.3) is 0 Å². The lowest BCUT2D eigenvalue weighted by molar-refractivity contribution is 0.172. The maximum Gasteiger partial charge on any atom is 0.163 e. The Hall–Kier alpha value is -1.58. The van der Waals surface area contributed by atoms with Crippen LogP contribution in [0, 0.1) is 5.92 Å². The van der Waals surface area contributed by atoms with Crippen LogP contribution in [0.2, 0.25) is 0 Å². The zero-order chi connectivity index (χ0) is 12.5. The summed E-state index contributed by atoms with van der Waals surface area (Å²) in [7, 11) is 0. The second kappa shape index (κ2) is 4.59. The topological polar surface area (TPSA) is 56.5 Å². The van der Waals surface area contributed by atoms with Gasteiger partial charge in [-0.2, -0.15) is 0 Å². The van der Waals surface area contributed by atoms with E-state index in [4.69, 9.17) is 15.2 Å². The fraction of sp³-hybridized carbons (Fsp3) is 0.571. The fourth-order valence-electron chi connectivity index (χ4n) is 2.53. The Morgan fingerprint density at radius 1 is 1.22 bits per heavy atom. The number of ether oxygens (including phenoxy) is 2. The summed E-state index contributed by atoms with van der Waals surface area (Å²) in [6.07, 6.45) is 3.99. The van der Waals surface area contributed by atoms with Crippen LogP contribution in [0.1, 0.15) is 26.2 Å². The van der Waals surface area contributed by atoms with E-state index in [2.05, 4.69) is 12.2 Å². The largest absolute Gasteiger partial charge is 0.486 e. The molecule has 2 aliphatic rings. The van der Waals surface area contributed by atoms with Crippen molar-refractivity contribution in [3.05, 3.63) is 12.1 Å². The summed E-state index contributed by atoms with van der Waals surface area (Å²) in [4.78, 5) is 0. The first-order valence-electron chi connectivity index (χ1n) is 6.69. The molecule has 0 bridgehead atoms. The molecule has 4 heteroatoms. The Morgan fingerprint density at radius 3 is 2.50 bits per heavy atom. The highest BCUT2D eigenvalue weighted by atomic mass is 16.6. The van der Waals surface area contributed by atoms with E-state index in [1.165, 1.54) is 19.3 Å². The average molecular weight is 248 g/mol. The van der Waals surface area contributed by atoms with Crippen molar-refractivity contribution >= 4 is 11.4 Å². The van der Waals surface area contributed by atoms with Crippen molar-refractivity contribution in [1.29, 1.82) is 0 Å². The van der Waals surface area contributed by atoms with E-state index in [0.29, 0.717) is 19.3 Å². The van der Waals surface area contributed by atoms with Gasteiger partial charge in [0, 0.05) is 18.2 Å². The number of nitrogen functional groups attached to an aromatic ring is 1. The molecule has 0 aromatic heterocycles. The Morgan fingerprint density at radius 2 is 1.89 bits per heavy atom. The van der Waals surface area contributed by atoms with Crippen LogP contribution in [0.5, 0.6) is 11.5 Å². The lowest BCUT2D eigenvalue weighted by Gasteiger charge is -2.33. The molecule has 0 amide bonds. The van der Waals surface area contributed by atoms with E-state index in [1.807, 2.05) is 12.1 Å². The van der Waals surface area contributed by atoms with Crippen LogP contribution >= 0.6 is 0 Å². The van der Waals surface area contributed by atoms with Gasteiger partial charge in [0.05, 0.1) is 11.4 Å². The van der Waals surface area contributed by atoms with Gasteiger partial charge >= 0.3 is 0 Å².